The molecule has 0 radical (unpaired) electrons. The summed E-state index contributed by atoms with van der Waals surface area (Å²) in [6, 6.07) is 11.9. The SMILES string of the molecule is CC1CCCC1C(O)c1ccnn1-c1ccccc1. The van der Waals surface area contributed by atoms with Crippen LogP contribution in [0, 0.1) is 11.8 Å². The number of nitrogens with zero attached hydrogens (tertiary/aromatic N) is 2. The van der Waals surface area contributed by atoms with Crippen LogP contribution in [-0.2, 0) is 0 Å². The smallest absolute Gasteiger partial charge is 0.0991 e. The molecule has 1 N–H and O–H groups in total. The number of para-hydroxylation sites is 1. The van der Waals surface area contributed by atoms with Crippen LogP contribution < -0.4 is 0 Å². The second-order valence-electron chi connectivity index (χ2n) is 5.52. The van der Waals surface area contributed by atoms with Crippen LogP contribution >= 0.6 is 0 Å². The molecule has 1 aliphatic carbocycles. The normalized spacial score (nSPS) is 24.5. The molecule has 1 aromatic carbocycles. The minimum Gasteiger partial charge on any atom is -0.387 e. The zero-order valence-electron chi connectivity index (χ0n) is 11.2. The standard InChI is InChI=1S/C16H20N2O/c1-12-6-5-9-14(12)16(19)15-10-11-17-18(15)13-7-3-2-4-8-13/h2-4,7-8,10-12,14,16,19H,5-6,9H2,1H3. The maximum absolute atomic E-state index is 10.7. The number of aliphatic hydroxyl groups is 1. The Balaban J connectivity index is 1.92. The van der Waals surface area contributed by atoms with Gasteiger partial charge in [0.2, 0.25) is 0 Å². The number of benzene rings is 1. The van der Waals surface area contributed by atoms with Gasteiger partial charge < -0.3 is 5.11 Å². The molecule has 3 atom stereocenters. The van der Waals surface area contributed by atoms with E-state index in [0.29, 0.717) is 11.8 Å². The summed E-state index contributed by atoms with van der Waals surface area (Å²) >= 11 is 0. The molecule has 3 heteroatoms. The summed E-state index contributed by atoms with van der Waals surface area (Å²) in [5, 5.41) is 15.0. The van der Waals surface area contributed by atoms with E-state index >= 15 is 0 Å². The molecule has 1 aliphatic rings. The highest BCUT2D eigenvalue weighted by molar-refractivity contribution is 5.33. The highest BCUT2D eigenvalue weighted by Gasteiger charge is 2.32. The summed E-state index contributed by atoms with van der Waals surface area (Å²) in [4.78, 5) is 0. The lowest BCUT2D eigenvalue weighted by Gasteiger charge is -2.23. The fourth-order valence-corrected chi connectivity index (χ4v) is 3.18. The van der Waals surface area contributed by atoms with Crippen molar-refractivity contribution in [3.05, 3.63) is 48.3 Å². The van der Waals surface area contributed by atoms with Crippen LogP contribution in [0.3, 0.4) is 0 Å². The predicted octanol–water partition coefficient (Wildman–Crippen LogP) is 3.34. The van der Waals surface area contributed by atoms with Crippen LogP contribution in [0.2, 0.25) is 0 Å². The van der Waals surface area contributed by atoms with Crippen molar-refractivity contribution in [2.45, 2.75) is 32.3 Å². The number of aliphatic hydroxyl groups excluding tert-OH is 1. The number of aromatic nitrogens is 2. The van der Waals surface area contributed by atoms with Crippen molar-refractivity contribution in [3.63, 3.8) is 0 Å². The van der Waals surface area contributed by atoms with Gasteiger partial charge in [0.25, 0.3) is 0 Å². The van der Waals surface area contributed by atoms with Crippen molar-refractivity contribution < 1.29 is 5.11 Å². The van der Waals surface area contributed by atoms with Gasteiger partial charge in [-0.05, 0) is 36.5 Å². The Hall–Kier alpha value is -1.61. The third-order valence-corrected chi connectivity index (χ3v) is 4.31. The summed E-state index contributed by atoms with van der Waals surface area (Å²) in [6.07, 6.45) is 4.91. The van der Waals surface area contributed by atoms with Gasteiger partial charge in [-0.1, -0.05) is 38.0 Å². The van der Waals surface area contributed by atoms with Crippen LogP contribution in [0.1, 0.15) is 38.0 Å². The zero-order valence-corrected chi connectivity index (χ0v) is 11.2. The van der Waals surface area contributed by atoms with Crippen molar-refractivity contribution in [1.82, 2.24) is 9.78 Å². The van der Waals surface area contributed by atoms with Crippen LogP contribution in [0.4, 0.5) is 0 Å². The van der Waals surface area contributed by atoms with E-state index in [9.17, 15) is 5.11 Å². The number of hydrogen-bond acceptors (Lipinski definition) is 2. The van der Waals surface area contributed by atoms with E-state index in [2.05, 4.69) is 12.0 Å². The molecular weight excluding hydrogens is 236 g/mol. The average Bonchev–Trinajstić information content (AvgIpc) is 3.07. The Morgan fingerprint density at radius 2 is 2.00 bits per heavy atom. The van der Waals surface area contributed by atoms with Crippen molar-refractivity contribution in [2.75, 3.05) is 0 Å². The van der Waals surface area contributed by atoms with E-state index in [0.717, 1.165) is 17.8 Å². The Bertz CT molecular complexity index is 535. The molecular formula is C16H20N2O. The van der Waals surface area contributed by atoms with Gasteiger partial charge in [-0.25, -0.2) is 4.68 Å². The first-order chi connectivity index (χ1) is 9.27. The first-order valence-corrected chi connectivity index (χ1v) is 7.05. The van der Waals surface area contributed by atoms with Crippen molar-refractivity contribution >= 4 is 0 Å². The quantitative estimate of drug-likeness (QED) is 0.914. The molecule has 3 nitrogen and oxygen atoms in total. The molecule has 3 rings (SSSR count). The number of hydrogen-bond donors (Lipinski definition) is 1. The lowest BCUT2D eigenvalue weighted by molar-refractivity contribution is 0.0839. The van der Waals surface area contributed by atoms with E-state index in [4.69, 9.17) is 0 Å². The highest BCUT2D eigenvalue weighted by atomic mass is 16.3. The Morgan fingerprint density at radius 3 is 2.68 bits per heavy atom. The fraction of sp³-hybridized carbons (Fsp3) is 0.438. The van der Waals surface area contributed by atoms with E-state index in [1.165, 1.54) is 12.8 Å². The van der Waals surface area contributed by atoms with Gasteiger partial charge >= 0.3 is 0 Å². The molecule has 100 valence electrons. The maximum Gasteiger partial charge on any atom is 0.0991 e. The van der Waals surface area contributed by atoms with E-state index < -0.39 is 6.10 Å². The van der Waals surface area contributed by atoms with Crippen molar-refractivity contribution in [2.24, 2.45) is 11.8 Å². The summed E-state index contributed by atoms with van der Waals surface area (Å²) in [7, 11) is 0. The molecule has 1 heterocycles. The van der Waals surface area contributed by atoms with E-state index in [1.54, 1.807) is 6.20 Å². The number of rotatable bonds is 3. The van der Waals surface area contributed by atoms with E-state index in [-0.39, 0.29) is 0 Å². The lowest BCUT2D eigenvalue weighted by Crippen LogP contribution is -2.18. The summed E-state index contributed by atoms with van der Waals surface area (Å²) in [5.74, 6) is 0.952. The molecule has 19 heavy (non-hydrogen) atoms. The van der Waals surface area contributed by atoms with Gasteiger partial charge in [0.15, 0.2) is 0 Å². The predicted molar refractivity (Wildman–Crippen MR) is 75.0 cm³/mol. The van der Waals surface area contributed by atoms with Crippen molar-refractivity contribution in [3.8, 4) is 5.69 Å². The summed E-state index contributed by atoms with van der Waals surface area (Å²) in [6.45, 7) is 2.24. The topological polar surface area (TPSA) is 38.1 Å². The molecule has 1 saturated carbocycles. The minimum absolute atomic E-state index is 0.360. The molecule has 0 saturated heterocycles. The molecule has 0 bridgehead atoms. The molecule has 3 unspecified atom stereocenters. The van der Waals surface area contributed by atoms with Gasteiger partial charge in [0.1, 0.15) is 0 Å². The minimum atomic E-state index is -0.416. The third-order valence-electron chi connectivity index (χ3n) is 4.31. The molecule has 0 spiro atoms. The van der Waals surface area contributed by atoms with Gasteiger partial charge in [0.05, 0.1) is 17.5 Å². The summed E-state index contributed by atoms with van der Waals surface area (Å²) in [5.41, 5.74) is 1.91. The van der Waals surface area contributed by atoms with Gasteiger partial charge in [0, 0.05) is 6.20 Å². The van der Waals surface area contributed by atoms with Gasteiger partial charge in [-0.2, -0.15) is 5.10 Å². The van der Waals surface area contributed by atoms with Crippen molar-refractivity contribution in [1.29, 1.82) is 0 Å². The van der Waals surface area contributed by atoms with Crippen LogP contribution in [0.5, 0.6) is 0 Å². The Kier molecular flexibility index (Phi) is 3.38. The Labute approximate surface area is 113 Å². The third kappa shape index (κ3) is 2.30. The highest BCUT2D eigenvalue weighted by Crippen LogP contribution is 2.40. The van der Waals surface area contributed by atoms with E-state index in [1.807, 2.05) is 41.1 Å². The van der Waals surface area contributed by atoms with Gasteiger partial charge in [-0.15, -0.1) is 0 Å². The van der Waals surface area contributed by atoms with Crippen LogP contribution in [0.15, 0.2) is 42.6 Å². The molecule has 1 fully saturated rings. The maximum atomic E-state index is 10.7. The van der Waals surface area contributed by atoms with Crippen LogP contribution in [0.25, 0.3) is 5.69 Å². The zero-order chi connectivity index (χ0) is 13.2. The van der Waals surface area contributed by atoms with Crippen LogP contribution in [-0.4, -0.2) is 14.9 Å². The second-order valence-corrected chi connectivity index (χ2v) is 5.52. The van der Waals surface area contributed by atoms with Gasteiger partial charge in [-0.3, -0.25) is 0 Å². The fourth-order valence-electron chi connectivity index (χ4n) is 3.18. The second kappa shape index (κ2) is 5.17. The molecule has 0 aliphatic heterocycles. The first-order valence-electron chi connectivity index (χ1n) is 7.05. The molecule has 1 aromatic heterocycles. The monoisotopic (exact) mass is 256 g/mol. The Morgan fingerprint density at radius 1 is 1.21 bits per heavy atom. The molecule has 0 amide bonds. The average molecular weight is 256 g/mol. The summed E-state index contributed by atoms with van der Waals surface area (Å²) < 4.78 is 1.86. The largest absolute Gasteiger partial charge is 0.387 e. The first kappa shape index (κ1) is 12.4. The lowest BCUT2D eigenvalue weighted by atomic mass is 9.90. The molecule has 2 aromatic rings.